The molecule has 1 heterocycles. The van der Waals surface area contributed by atoms with Crippen molar-refractivity contribution < 1.29 is 9.53 Å². The van der Waals surface area contributed by atoms with Crippen LogP contribution in [0.2, 0.25) is 0 Å². The van der Waals surface area contributed by atoms with Crippen LogP contribution in [0.15, 0.2) is 72.8 Å². The molecule has 1 aromatic heterocycles. The molecule has 182 valence electrons. The number of hydrogen-bond acceptors (Lipinski definition) is 3. The van der Waals surface area contributed by atoms with Crippen molar-refractivity contribution in [2.24, 2.45) is 0 Å². The van der Waals surface area contributed by atoms with Gasteiger partial charge in [-0.25, -0.2) is 4.98 Å². The molecular formula is C30H35N3O2. The lowest BCUT2D eigenvalue weighted by Gasteiger charge is -2.12. The molecule has 0 saturated carbocycles. The predicted octanol–water partition coefficient (Wildman–Crippen LogP) is 5.80. The highest BCUT2D eigenvalue weighted by atomic mass is 16.5. The number of hydrogen-bond donors (Lipinski definition) is 1. The summed E-state index contributed by atoms with van der Waals surface area (Å²) >= 11 is 0. The maximum atomic E-state index is 12.2. The van der Waals surface area contributed by atoms with Gasteiger partial charge in [-0.05, 0) is 74.1 Å². The maximum Gasteiger partial charge on any atom is 0.220 e. The van der Waals surface area contributed by atoms with Crippen LogP contribution in [0.5, 0.6) is 5.75 Å². The first-order valence-corrected chi connectivity index (χ1v) is 12.5. The zero-order valence-electron chi connectivity index (χ0n) is 20.8. The van der Waals surface area contributed by atoms with Gasteiger partial charge in [0.2, 0.25) is 5.91 Å². The number of rotatable bonds is 12. The predicted molar refractivity (Wildman–Crippen MR) is 142 cm³/mol. The highest BCUT2D eigenvalue weighted by Crippen LogP contribution is 2.19. The summed E-state index contributed by atoms with van der Waals surface area (Å²) < 4.78 is 8.32. The van der Waals surface area contributed by atoms with Crippen LogP contribution in [0, 0.1) is 13.8 Å². The summed E-state index contributed by atoms with van der Waals surface area (Å²) in [5.74, 6) is 2.10. The summed E-state index contributed by atoms with van der Waals surface area (Å²) in [5.41, 5.74) is 5.80. The zero-order valence-corrected chi connectivity index (χ0v) is 20.8. The van der Waals surface area contributed by atoms with Gasteiger partial charge in [0.25, 0.3) is 0 Å². The van der Waals surface area contributed by atoms with Gasteiger partial charge in [0.15, 0.2) is 0 Å². The lowest BCUT2D eigenvalue weighted by atomic mass is 10.1. The van der Waals surface area contributed by atoms with Crippen LogP contribution in [0.1, 0.15) is 41.8 Å². The largest absolute Gasteiger partial charge is 0.494 e. The van der Waals surface area contributed by atoms with E-state index in [0.29, 0.717) is 19.6 Å². The van der Waals surface area contributed by atoms with Crippen molar-refractivity contribution in [2.45, 2.75) is 52.5 Å². The molecular weight excluding hydrogens is 434 g/mol. The summed E-state index contributed by atoms with van der Waals surface area (Å²) in [6, 6.07) is 24.7. The minimum Gasteiger partial charge on any atom is -0.494 e. The number of nitrogens with zero attached hydrogens (tertiary/aromatic N) is 2. The van der Waals surface area contributed by atoms with Gasteiger partial charge in [-0.15, -0.1) is 0 Å². The second kappa shape index (κ2) is 12.2. The number of carbonyl (C=O) groups excluding carboxylic acids is 1. The number of aromatic nitrogens is 2. The molecule has 0 saturated heterocycles. The van der Waals surface area contributed by atoms with Crippen LogP contribution in [-0.2, 0) is 24.2 Å². The monoisotopic (exact) mass is 469 g/mol. The first-order valence-electron chi connectivity index (χ1n) is 12.5. The number of nitrogens with one attached hydrogen (secondary N) is 1. The van der Waals surface area contributed by atoms with E-state index in [1.165, 1.54) is 16.7 Å². The van der Waals surface area contributed by atoms with Gasteiger partial charge in [-0.3, -0.25) is 4.79 Å². The molecule has 0 fully saturated rings. The summed E-state index contributed by atoms with van der Waals surface area (Å²) in [7, 11) is 0. The molecule has 5 heteroatoms. The summed E-state index contributed by atoms with van der Waals surface area (Å²) in [6.07, 6.45) is 3.87. The second-order valence-corrected chi connectivity index (χ2v) is 9.13. The Kier molecular flexibility index (Phi) is 8.55. The van der Waals surface area contributed by atoms with Gasteiger partial charge in [-0.2, -0.15) is 0 Å². The maximum absolute atomic E-state index is 12.2. The first kappa shape index (κ1) is 24.5. The third-order valence-electron chi connectivity index (χ3n) is 6.11. The van der Waals surface area contributed by atoms with Crippen molar-refractivity contribution in [3.63, 3.8) is 0 Å². The molecule has 3 aromatic carbocycles. The van der Waals surface area contributed by atoms with E-state index in [9.17, 15) is 4.79 Å². The molecule has 4 aromatic rings. The molecule has 0 atom stereocenters. The minimum absolute atomic E-state index is 0.103. The zero-order chi connectivity index (χ0) is 24.5. The third-order valence-corrected chi connectivity index (χ3v) is 6.11. The van der Waals surface area contributed by atoms with Crippen molar-refractivity contribution in [1.82, 2.24) is 14.9 Å². The number of amides is 1. The Hall–Kier alpha value is -3.60. The number of imidazole rings is 1. The second-order valence-electron chi connectivity index (χ2n) is 9.13. The lowest BCUT2D eigenvalue weighted by Crippen LogP contribution is -2.25. The fraction of sp³-hybridized carbons (Fsp3) is 0.333. The van der Waals surface area contributed by atoms with Crippen LogP contribution < -0.4 is 10.1 Å². The Morgan fingerprint density at radius 1 is 0.914 bits per heavy atom. The quantitative estimate of drug-likeness (QED) is 0.267. The lowest BCUT2D eigenvalue weighted by molar-refractivity contribution is -0.121. The fourth-order valence-electron chi connectivity index (χ4n) is 4.46. The first-order chi connectivity index (χ1) is 17.1. The van der Waals surface area contributed by atoms with Gasteiger partial charge >= 0.3 is 0 Å². The van der Waals surface area contributed by atoms with E-state index in [1.54, 1.807) is 0 Å². The smallest absolute Gasteiger partial charge is 0.220 e. The topological polar surface area (TPSA) is 56.1 Å². The van der Waals surface area contributed by atoms with Crippen molar-refractivity contribution in [3.8, 4) is 5.75 Å². The van der Waals surface area contributed by atoms with E-state index >= 15 is 0 Å². The highest BCUT2D eigenvalue weighted by molar-refractivity contribution is 5.76. The molecule has 1 N–H and O–H groups in total. The Morgan fingerprint density at radius 3 is 2.46 bits per heavy atom. The van der Waals surface area contributed by atoms with E-state index in [4.69, 9.17) is 9.72 Å². The van der Waals surface area contributed by atoms with Crippen LogP contribution in [-0.4, -0.2) is 28.6 Å². The molecule has 0 aliphatic rings. The highest BCUT2D eigenvalue weighted by Gasteiger charge is 2.11. The van der Waals surface area contributed by atoms with Crippen molar-refractivity contribution in [1.29, 1.82) is 0 Å². The standard InChI is InChI=1S/C30H35N3O2/c1-23-20-24(2)22-26(21-23)35-19-9-18-33-28-13-7-6-12-27(28)32-29(33)14-8-17-31-30(34)16-15-25-10-4-3-5-11-25/h3-7,10-13,20-22H,8-9,14-19H2,1-2H3,(H,31,34). The van der Waals surface area contributed by atoms with Crippen LogP contribution >= 0.6 is 0 Å². The molecule has 35 heavy (non-hydrogen) atoms. The van der Waals surface area contributed by atoms with E-state index < -0.39 is 0 Å². The number of ether oxygens (including phenoxy) is 1. The van der Waals surface area contributed by atoms with Gasteiger partial charge < -0.3 is 14.6 Å². The molecule has 0 spiro atoms. The van der Waals surface area contributed by atoms with Gasteiger partial charge in [0, 0.05) is 25.9 Å². The number of benzene rings is 3. The Bertz CT molecular complexity index is 1230. The van der Waals surface area contributed by atoms with E-state index in [1.807, 2.05) is 24.3 Å². The molecule has 1 amide bonds. The number of para-hydroxylation sites is 2. The fourth-order valence-corrected chi connectivity index (χ4v) is 4.46. The Labute approximate surface area is 208 Å². The number of aryl methyl sites for hydroxylation is 5. The van der Waals surface area contributed by atoms with Crippen LogP contribution in [0.25, 0.3) is 11.0 Å². The average molecular weight is 470 g/mol. The van der Waals surface area contributed by atoms with Gasteiger partial charge in [0.05, 0.1) is 17.6 Å². The van der Waals surface area contributed by atoms with Crippen molar-refractivity contribution in [3.05, 3.63) is 95.3 Å². The molecule has 0 aliphatic carbocycles. The molecule has 0 radical (unpaired) electrons. The molecule has 4 rings (SSSR count). The van der Waals surface area contributed by atoms with E-state index in [2.05, 4.69) is 72.3 Å². The summed E-state index contributed by atoms with van der Waals surface area (Å²) in [5, 5.41) is 3.06. The summed E-state index contributed by atoms with van der Waals surface area (Å²) in [6.45, 7) is 6.36. The van der Waals surface area contributed by atoms with E-state index in [-0.39, 0.29) is 5.91 Å². The van der Waals surface area contributed by atoms with Crippen LogP contribution in [0.3, 0.4) is 0 Å². The molecule has 5 nitrogen and oxygen atoms in total. The number of fused-ring (bicyclic) bond motifs is 1. The Balaban J connectivity index is 1.27. The Morgan fingerprint density at radius 2 is 1.66 bits per heavy atom. The van der Waals surface area contributed by atoms with Gasteiger partial charge in [-0.1, -0.05) is 48.5 Å². The minimum atomic E-state index is 0.103. The van der Waals surface area contributed by atoms with Gasteiger partial charge in [0.1, 0.15) is 11.6 Å². The number of carbonyl (C=O) groups is 1. The molecule has 0 unspecified atom stereocenters. The molecule has 0 aliphatic heterocycles. The normalized spacial score (nSPS) is 11.0. The summed E-state index contributed by atoms with van der Waals surface area (Å²) in [4.78, 5) is 17.1. The SMILES string of the molecule is Cc1cc(C)cc(OCCCn2c(CCCNC(=O)CCc3ccccc3)nc3ccccc32)c1. The third kappa shape index (κ3) is 7.19. The van der Waals surface area contributed by atoms with Crippen LogP contribution in [0.4, 0.5) is 0 Å². The average Bonchev–Trinajstić information content (AvgIpc) is 3.20. The van der Waals surface area contributed by atoms with Crippen molar-refractivity contribution >= 4 is 16.9 Å². The van der Waals surface area contributed by atoms with Crippen molar-refractivity contribution in [2.75, 3.05) is 13.2 Å². The molecule has 0 bridgehead atoms. The van der Waals surface area contributed by atoms with E-state index in [0.717, 1.165) is 54.8 Å².